The number of likely N-dealkylation sites (N-methyl/N-ethyl adjacent to an activating group) is 1. The van der Waals surface area contributed by atoms with Crippen LogP contribution in [0.2, 0.25) is 0 Å². The second-order valence-electron chi connectivity index (χ2n) is 20.2. The van der Waals surface area contributed by atoms with Crippen molar-refractivity contribution in [3.8, 4) is 11.3 Å². The summed E-state index contributed by atoms with van der Waals surface area (Å²) >= 11 is 0. The van der Waals surface area contributed by atoms with Gasteiger partial charge in [-0.25, -0.2) is 14.6 Å². The summed E-state index contributed by atoms with van der Waals surface area (Å²) in [4.78, 5) is 82.0. The summed E-state index contributed by atoms with van der Waals surface area (Å²) in [6.07, 6.45) is -6.80. The number of aliphatic hydroxyl groups is 3. The van der Waals surface area contributed by atoms with Gasteiger partial charge in [-0.3, -0.25) is 19.4 Å². The van der Waals surface area contributed by atoms with E-state index in [1.807, 2.05) is 27.8 Å². The fourth-order valence-electron chi connectivity index (χ4n) is 10.9. The zero-order valence-electron chi connectivity index (χ0n) is 42.1. The Hall–Kier alpha value is -4.45. The summed E-state index contributed by atoms with van der Waals surface area (Å²) in [6.45, 7) is 14.2. The molecule has 4 aliphatic rings. The number of imidazole rings is 1. The number of nitrogens with zero attached hydrogens (tertiary/aromatic N) is 5. The molecule has 21 heteroatoms. The molecule has 18 atom stereocenters. The van der Waals surface area contributed by atoms with Crippen LogP contribution in [0, 0.1) is 23.7 Å². The number of ether oxygens (including phenoxy) is 7. The highest BCUT2D eigenvalue weighted by molar-refractivity contribution is 6.00. The van der Waals surface area contributed by atoms with Gasteiger partial charge in [0.25, 0.3) is 0 Å². The number of methoxy groups -OCH3 is 1. The van der Waals surface area contributed by atoms with E-state index in [4.69, 9.17) is 33.2 Å². The monoisotopic (exact) mass is 988 g/mol. The number of carbonyl (C=O) groups excluding carboxylic acids is 4. The van der Waals surface area contributed by atoms with Crippen LogP contribution in [0.3, 0.4) is 0 Å². The molecule has 6 rings (SSSR count). The fraction of sp³-hybridized carbons (Fsp3) is 0.735. The molecule has 4 aliphatic heterocycles. The van der Waals surface area contributed by atoms with Gasteiger partial charge >= 0.3 is 18.0 Å². The number of aromatic nitrogens is 3. The lowest BCUT2D eigenvalue weighted by atomic mass is 9.73. The number of hydrogen-bond acceptors (Lipinski definition) is 18. The zero-order valence-corrected chi connectivity index (χ0v) is 42.1. The van der Waals surface area contributed by atoms with Crippen molar-refractivity contribution in [3.05, 3.63) is 37.1 Å². The number of aryl methyl sites for hydroxylation is 1. The van der Waals surface area contributed by atoms with Gasteiger partial charge in [0.05, 0.1) is 35.9 Å². The van der Waals surface area contributed by atoms with Crippen molar-refractivity contribution in [3.63, 3.8) is 0 Å². The van der Waals surface area contributed by atoms with Crippen LogP contribution < -0.4 is 0 Å². The lowest BCUT2D eigenvalue weighted by molar-refractivity contribution is -0.355. The van der Waals surface area contributed by atoms with Crippen LogP contribution in [-0.2, 0) is 58.9 Å². The number of carbonyl (C=O) groups is 5. The fourth-order valence-corrected chi connectivity index (χ4v) is 10.9. The molecule has 0 saturated carbocycles. The molecule has 390 valence electrons. The second kappa shape index (κ2) is 22.5. The van der Waals surface area contributed by atoms with E-state index in [-0.39, 0.29) is 25.2 Å². The number of carboxylic acid groups (broad SMARTS) is 1. The van der Waals surface area contributed by atoms with E-state index in [0.717, 1.165) is 11.3 Å². The lowest BCUT2D eigenvalue weighted by Crippen LogP contribution is -2.64. The Morgan fingerprint density at radius 2 is 1.63 bits per heavy atom. The molecule has 5 unspecified atom stereocenters. The number of aliphatic hydroxyl groups excluding tert-OH is 3. The van der Waals surface area contributed by atoms with E-state index < -0.39 is 132 Å². The number of esters is 1. The van der Waals surface area contributed by atoms with Gasteiger partial charge in [0.1, 0.15) is 42.2 Å². The average molecular weight is 988 g/mol. The first-order valence-electron chi connectivity index (χ1n) is 24.3. The first-order chi connectivity index (χ1) is 33.0. The number of Topliss-reactive ketones (excluding diaryl/α,β-unsaturated/α-hetero) is 2. The van der Waals surface area contributed by atoms with Gasteiger partial charge in [0, 0.05) is 68.1 Å². The maximum atomic E-state index is 15.0. The predicted octanol–water partition coefficient (Wildman–Crippen LogP) is 2.85. The predicted molar refractivity (Wildman–Crippen MR) is 247 cm³/mol. The highest BCUT2D eigenvalue weighted by Gasteiger charge is 2.61. The van der Waals surface area contributed by atoms with Gasteiger partial charge in [-0.05, 0) is 86.0 Å². The summed E-state index contributed by atoms with van der Waals surface area (Å²) in [7, 11) is 4.95. The van der Waals surface area contributed by atoms with E-state index in [9.17, 15) is 44.4 Å². The molecule has 0 radical (unpaired) electrons. The normalized spacial score (nSPS) is 39.0. The van der Waals surface area contributed by atoms with Gasteiger partial charge in [-0.2, -0.15) is 0 Å². The molecule has 4 saturated heterocycles. The largest absolute Gasteiger partial charge is 0.479 e. The molecule has 0 spiro atoms. The van der Waals surface area contributed by atoms with E-state index in [1.54, 1.807) is 86.2 Å². The SMILES string of the molecule is CC[C@H]1OC(=O)[C@H](C)C(=O)[C@H](C)[C@@H](O[C@@H]2O[C@H](C)C[C@H](N(C)C)[C@H]2OC2OC(C(=O)O)C(O)C(O)C2O)[C@](C)(OC)C[C@@H](C)C(=O)[C@H](C)[C@H]2N(CCCCn3cnc(-c4cccnc4)c3)C(=O)O[C@]12C. The summed E-state index contributed by atoms with van der Waals surface area (Å²) in [5.74, 6) is -7.47. The molecular weight excluding hydrogens is 915 g/mol. The van der Waals surface area contributed by atoms with Crippen LogP contribution in [0.1, 0.15) is 87.5 Å². The van der Waals surface area contributed by atoms with Crippen molar-refractivity contribution in [2.24, 2.45) is 23.7 Å². The minimum atomic E-state index is -1.97. The number of unbranched alkanes of at least 4 members (excludes halogenated alkanes) is 1. The third kappa shape index (κ3) is 11.3. The molecule has 21 nitrogen and oxygen atoms in total. The van der Waals surface area contributed by atoms with Gasteiger partial charge < -0.3 is 68.0 Å². The quantitative estimate of drug-likeness (QED) is 0.120. The number of pyridine rings is 1. The van der Waals surface area contributed by atoms with Crippen molar-refractivity contribution in [1.82, 2.24) is 24.3 Å². The van der Waals surface area contributed by atoms with Crippen LogP contribution in [0.5, 0.6) is 0 Å². The van der Waals surface area contributed by atoms with Crippen LogP contribution in [-0.4, -0.2) is 187 Å². The van der Waals surface area contributed by atoms with Crippen molar-refractivity contribution in [2.75, 3.05) is 27.7 Å². The Bertz CT molecular complexity index is 2150. The number of amides is 1. The smallest absolute Gasteiger partial charge is 0.410 e. The zero-order chi connectivity index (χ0) is 51.6. The number of hydrogen-bond donors (Lipinski definition) is 4. The molecule has 70 heavy (non-hydrogen) atoms. The maximum absolute atomic E-state index is 15.0. The number of cyclic esters (lactones) is 1. The van der Waals surface area contributed by atoms with Crippen molar-refractivity contribution < 1.29 is 77.6 Å². The number of carboxylic acids is 1. The van der Waals surface area contributed by atoms with E-state index in [0.29, 0.717) is 25.8 Å². The summed E-state index contributed by atoms with van der Waals surface area (Å²) in [6, 6.07) is 2.33. The van der Waals surface area contributed by atoms with Crippen molar-refractivity contribution in [2.45, 2.75) is 179 Å². The third-order valence-electron chi connectivity index (χ3n) is 14.9. The number of aliphatic carboxylic acids is 1. The molecule has 4 fully saturated rings. The van der Waals surface area contributed by atoms with Crippen LogP contribution in [0.15, 0.2) is 37.1 Å². The van der Waals surface area contributed by atoms with Crippen LogP contribution in [0.25, 0.3) is 11.3 Å². The van der Waals surface area contributed by atoms with Gasteiger partial charge in [-0.1, -0.05) is 27.7 Å². The molecule has 6 heterocycles. The highest BCUT2D eigenvalue weighted by Crippen LogP contribution is 2.43. The second-order valence-corrected chi connectivity index (χ2v) is 20.2. The van der Waals surface area contributed by atoms with Crippen molar-refractivity contribution >= 4 is 29.6 Å². The highest BCUT2D eigenvalue weighted by atomic mass is 16.8. The first kappa shape index (κ1) is 54.9. The molecule has 2 aromatic heterocycles. The average Bonchev–Trinajstić information content (AvgIpc) is 3.91. The van der Waals surface area contributed by atoms with Crippen molar-refractivity contribution in [1.29, 1.82) is 0 Å². The number of rotatable bonds is 14. The standard InChI is InChI=1S/C49H73N5O16/c1-12-33-49(8)41(54(47(63)70-49)19-14-13-18-53-23-31(51-24-53)30-16-15-17-50-22-30)27(4)34(55)25(2)21-48(7,64-11)42(28(5)35(56)29(6)44(62)66-33)69-46-39(32(52(9)10)20-26(3)65-46)67-45-38(59)36(57)37(58)40(68-45)43(60)61/h15-17,22-29,32-33,36-42,45-46,57-59H,12-14,18-21H2,1-11H3,(H,60,61)/t25-,26-,27+,28+,29-,32+,33-,36?,37?,38?,39-,40?,41-,42-,45?,46+,48-,49-/m1/s1. The molecule has 0 aliphatic carbocycles. The Labute approximate surface area is 409 Å². The Kier molecular flexibility index (Phi) is 17.7. The molecular formula is C49H73N5O16. The molecule has 0 aromatic carbocycles. The number of fused-ring (bicyclic) bond motifs is 1. The Morgan fingerprint density at radius 3 is 2.26 bits per heavy atom. The minimum absolute atomic E-state index is 0.0189. The summed E-state index contributed by atoms with van der Waals surface area (Å²) < 4.78 is 45.7. The van der Waals surface area contributed by atoms with E-state index in [2.05, 4.69) is 9.97 Å². The summed E-state index contributed by atoms with van der Waals surface area (Å²) in [5, 5.41) is 41.9. The van der Waals surface area contributed by atoms with Crippen LogP contribution >= 0.6 is 0 Å². The maximum Gasteiger partial charge on any atom is 0.410 e. The molecule has 1 amide bonds. The molecule has 0 bridgehead atoms. The minimum Gasteiger partial charge on any atom is -0.479 e. The third-order valence-corrected chi connectivity index (χ3v) is 14.9. The summed E-state index contributed by atoms with van der Waals surface area (Å²) in [5.41, 5.74) is -1.30. The van der Waals surface area contributed by atoms with E-state index >= 15 is 0 Å². The van der Waals surface area contributed by atoms with Gasteiger partial charge in [-0.15, -0.1) is 0 Å². The van der Waals surface area contributed by atoms with Gasteiger partial charge in [0.15, 0.2) is 30.1 Å². The van der Waals surface area contributed by atoms with Crippen LogP contribution in [0.4, 0.5) is 4.79 Å². The molecule has 2 aromatic rings. The topological polar surface area (TPSA) is 268 Å². The molecule has 4 N–H and O–H groups in total. The van der Waals surface area contributed by atoms with E-state index in [1.165, 1.54) is 14.0 Å². The lowest BCUT2D eigenvalue weighted by Gasteiger charge is -2.49. The Balaban J connectivity index is 1.31. The van der Waals surface area contributed by atoms with Gasteiger partial charge in [0.2, 0.25) is 0 Å². The first-order valence-corrected chi connectivity index (χ1v) is 24.3. The number of ketones is 2. The Morgan fingerprint density at radius 1 is 0.929 bits per heavy atom.